The molecule has 8 heteroatoms. The molecular weight excluding hydrogens is 478 g/mol. The Labute approximate surface area is 209 Å². The van der Waals surface area contributed by atoms with Gasteiger partial charge in [0.15, 0.2) is 0 Å². The van der Waals surface area contributed by atoms with Gasteiger partial charge in [-0.05, 0) is 53.6 Å². The van der Waals surface area contributed by atoms with Gasteiger partial charge in [-0.15, -0.1) is 6.42 Å². The van der Waals surface area contributed by atoms with Crippen molar-refractivity contribution >= 4 is 32.7 Å². The van der Waals surface area contributed by atoms with Gasteiger partial charge in [-0.2, -0.15) is 0 Å². The van der Waals surface area contributed by atoms with Gasteiger partial charge in [0.1, 0.15) is 5.03 Å². The van der Waals surface area contributed by atoms with Gasteiger partial charge in [0, 0.05) is 41.0 Å². The first-order valence-electron chi connectivity index (χ1n) is 10.7. The van der Waals surface area contributed by atoms with E-state index in [1.807, 2.05) is 66.2 Å². The molecule has 0 fully saturated rings. The van der Waals surface area contributed by atoms with Crippen LogP contribution in [0.4, 0.5) is 0 Å². The summed E-state index contributed by atoms with van der Waals surface area (Å²) in [6.45, 7) is 0. The number of pyridine rings is 2. The van der Waals surface area contributed by atoms with Crippen molar-refractivity contribution in [3.05, 3.63) is 100 Å². The fourth-order valence-electron chi connectivity index (χ4n) is 4.17. The zero-order chi connectivity index (χ0) is 24.7. The summed E-state index contributed by atoms with van der Waals surface area (Å²) in [5.41, 5.74) is 2.92. The first-order valence-corrected chi connectivity index (χ1v) is 12.8. The Hall–Kier alpha value is -3.83. The molecule has 0 saturated heterocycles. The van der Waals surface area contributed by atoms with E-state index in [0.29, 0.717) is 15.6 Å². The maximum Gasteiger partial charge on any atom is 0.251 e. The molecule has 1 unspecified atom stereocenters. The number of terminal acetylenes is 1. The Morgan fingerprint density at radius 3 is 2.51 bits per heavy atom. The third kappa shape index (κ3) is 3.82. The Morgan fingerprint density at radius 2 is 1.83 bits per heavy atom. The van der Waals surface area contributed by atoms with Crippen molar-refractivity contribution in [3.8, 4) is 23.5 Å². The van der Waals surface area contributed by atoms with Crippen LogP contribution in [0.2, 0.25) is 5.02 Å². The van der Waals surface area contributed by atoms with E-state index in [4.69, 9.17) is 28.1 Å². The lowest BCUT2D eigenvalue weighted by Gasteiger charge is -2.35. The fraction of sp³-hybridized carbons (Fsp3) is 0.0741. The minimum atomic E-state index is -2.29. The molecule has 3 heterocycles. The number of nitrogens with two attached hydrogens (primary N) is 1. The van der Waals surface area contributed by atoms with E-state index in [1.54, 1.807) is 36.4 Å². The predicted molar refractivity (Wildman–Crippen MR) is 142 cm³/mol. The van der Waals surface area contributed by atoms with E-state index < -0.39 is 10.2 Å². The van der Waals surface area contributed by atoms with Crippen LogP contribution < -0.4 is 10.7 Å². The summed E-state index contributed by atoms with van der Waals surface area (Å²) in [5, 5.41) is 10.3. The van der Waals surface area contributed by atoms with Crippen LogP contribution >= 0.6 is 21.8 Å². The molecule has 3 aromatic heterocycles. The average molecular weight is 500 g/mol. The van der Waals surface area contributed by atoms with Crippen molar-refractivity contribution in [2.24, 2.45) is 19.2 Å². The largest absolute Gasteiger partial charge is 0.329 e. The van der Waals surface area contributed by atoms with Gasteiger partial charge in [0.05, 0.1) is 29.3 Å². The van der Waals surface area contributed by atoms with E-state index in [2.05, 4.69) is 10.9 Å². The quantitative estimate of drug-likeness (QED) is 0.348. The highest BCUT2D eigenvalue weighted by molar-refractivity contribution is 8.31. The summed E-state index contributed by atoms with van der Waals surface area (Å²) in [7, 11) is 1.35. The SMILES string of the molecule is C#Cc1cccc(-c2cc(=O)n(C)c3cnc(S(N)(c4ccc(Cl)cc4)c4cncn4C)cc23)c1. The van der Waals surface area contributed by atoms with Crippen LogP contribution in [0.15, 0.2) is 99.1 Å². The predicted octanol–water partition coefficient (Wildman–Crippen LogP) is 5.12. The normalized spacial score (nSPS) is 13.8. The van der Waals surface area contributed by atoms with Gasteiger partial charge in [-0.1, -0.05) is 39.9 Å². The van der Waals surface area contributed by atoms with Crippen LogP contribution in [-0.2, 0) is 14.1 Å². The zero-order valence-electron chi connectivity index (χ0n) is 19.1. The van der Waals surface area contributed by atoms with Crippen molar-refractivity contribution in [1.82, 2.24) is 19.1 Å². The van der Waals surface area contributed by atoms with Gasteiger partial charge in [-0.3, -0.25) is 9.93 Å². The smallest absolute Gasteiger partial charge is 0.251 e. The number of hydrogen-bond donors (Lipinski definition) is 1. The lowest BCUT2D eigenvalue weighted by molar-refractivity contribution is 0.812. The monoisotopic (exact) mass is 499 g/mol. The van der Waals surface area contributed by atoms with Gasteiger partial charge in [0.2, 0.25) is 0 Å². The van der Waals surface area contributed by atoms with E-state index in [0.717, 1.165) is 32.0 Å². The fourth-order valence-corrected chi connectivity index (χ4v) is 6.81. The van der Waals surface area contributed by atoms with Crippen LogP contribution in [0.1, 0.15) is 5.56 Å². The summed E-state index contributed by atoms with van der Waals surface area (Å²) in [5.74, 6) is 2.67. The van der Waals surface area contributed by atoms with Gasteiger partial charge in [0.25, 0.3) is 5.56 Å². The summed E-state index contributed by atoms with van der Waals surface area (Å²) in [4.78, 5) is 22.8. The lowest BCUT2D eigenvalue weighted by atomic mass is 10.0. The molecule has 0 aliphatic heterocycles. The zero-order valence-corrected chi connectivity index (χ0v) is 20.7. The molecule has 174 valence electrons. The first kappa shape index (κ1) is 22.9. The van der Waals surface area contributed by atoms with E-state index in [9.17, 15) is 4.79 Å². The average Bonchev–Trinajstić information content (AvgIpc) is 3.32. The number of fused-ring (bicyclic) bond motifs is 1. The van der Waals surface area contributed by atoms with Crippen LogP contribution in [0.5, 0.6) is 0 Å². The number of aryl methyl sites for hydroxylation is 2. The Morgan fingerprint density at radius 1 is 1.06 bits per heavy atom. The number of hydrogen-bond acceptors (Lipinski definition) is 4. The highest BCUT2D eigenvalue weighted by atomic mass is 35.5. The number of nitrogens with zero attached hydrogens (tertiary/aromatic N) is 4. The molecule has 0 saturated carbocycles. The molecule has 2 N–H and O–H groups in total. The summed E-state index contributed by atoms with van der Waals surface area (Å²) in [6.07, 6.45) is 10.8. The molecule has 0 aliphatic rings. The Balaban J connectivity index is 1.84. The summed E-state index contributed by atoms with van der Waals surface area (Å²) in [6, 6.07) is 18.7. The molecule has 0 spiro atoms. The Kier molecular flexibility index (Phi) is 5.73. The standard InChI is InChI=1S/C27H22ClN5OS/c1-4-18-6-5-7-19(12-18)22-14-26(34)33(3)24-15-31-25(13-23(22)24)35(29,27-16-30-17-32(27)2)21-10-8-20(28)9-11-21/h1,5-17H,29H2,2-3H3. The van der Waals surface area contributed by atoms with Crippen LogP contribution in [0.25, 0.3) is 22.0 Å². The number of aromatic nitrogens is 4. The molecule has 0 amide bonds. The minimum absolute atomic E-state index is 0.135. The molecule has 5 aromatic rings. The van der Waals surface area contributed by atoms with Crippen molar-refractivity contribution in [2.45, 2.75) is 14.9 Å². The molecule has 1 atom stereocenters. The van der Waals surface area contributed by atoms with Crippen molar-refractivity contribution in [3.63, 3.8) is 0 Å². The second-order valence-electron chi connectivity index (χ2n) is 8.18. The van der Waals surface area contributed by atoms with Gasteiger partial charge in [-0.25, -0.2) is 9.97 Å². The molecule has 5 rings (SSSR count). The number of rotatable bonds is 4. The molecular formula is C27H22ClN5OS. The van der Waals surface area contributed by atoms with E-state index >= 15 is 0 Å². The van der Waals surface area contributed by atoms with Crippen LogP contribution in [-0.4, -0.2) is 19.1 Å². The highest BCUT2D eigenvalue weighted by Gasteiger charge is 2.31. The number of halogens is 1. The third-order valence-corrected chi connectivity index (χ3v) is 9.27. The van der Waals surface area contributed by atoms with Crippen LogP contribution in [0, 0.1) is 12.3 Å². The molecule has 35 heavy (non-hydrogen) atoms. The van der Waals surface area contributed by atoms with Crippen molar-refractivity contribution in [2.75, 3.05) is 0 Å². The topological polar surface area (TPSA) is 78.7 Å². The number of benzene rings is 2. The molecule has 0 aliphatic carbocycles. The van der Waals surface area contributed by atoms with Crippen molar-refractivity contribution < 1.29 is 0 Å². The maximum absolute atomic E-state index is 12.8. The molecule has 0 radical (unpaired) electrons. The molecule has 2 aromatic carbocycles. The summed E-state index contributed by atoms with van der Waals surface area (Å²) >= 11 is 6.18. The lowest BCUT2D eigenvalue weighted by Crippen LogP contribution is -2.19. The third-order valence-electron chi connectivity index (χ3n) is 6.07. The van der Waals surface area contributed by atoms with Crippen molar-refractivity contribution in [1.29, 1.82) is 0 Å². The Bertz CT molecular complexity index is 1680. The van der Waals surface area contributed by atoms with E-state index in [-0.39, 0.29) is 5.56 Å². The van der Waals surface area contributed by atoms with Gasteiger partial charge < -0.3 is 9.13 Å². The van der Waals surface area contributed by atoms with Gasteiger partial charge >= 0.3 is 0 Å². The molecule has 6 nitrogen and oxygen atoms in total. The number of imidazole rings is 1. The van der Waals surface area contributed by atoms with E-state index in [1.165, 1.54) is 0 Å². The van der Waals surface area contributed by atoms with Crippen LogP contribution in [0.3, 0.4) is 0 Å². The summed E-state index contributed by atoms with van der Waals surface area (Å²) < 4.78 is 3.49. The second kappa shape index (κ2) is 8.75. The maximum atomic E-state index is 12.8. The second-order valence-corrected chi connectivity index (χ2v) is 11.2. The first-order chi connectivity index (χ1) is 16.8. The highest BCUT2D eigenvalue weighted by Crippen LogP contribution is 2.61. The minimum Gasteiger partial charge on any atom is -0.329 e. The molecule has 0 bridgehead atoms.